The summed E-state index contributed by atoms with van der Waals surface area (Å²) >= 11 is 1.42. The number of carbonyl (C=O) groups excluding carboxylic acids is 2. The van der Waals surface area contributed by atoms with Crippen LogP contribution in [-0.2, 0) is 16.1 Å². The molecule has 0 saturated carbocycles. The third-order valence-corrected chi connectivity index (χ3v) is 5.21. The summed E-state index contributed by atoms with van der Waals surface area (Å²) in [6.07, 6.45) is 1.64. The predicted octanol–water partition coefficient (Wildman–Crippen LogP) is 3.54. The van der Waals surface area contributed by atoms with Crippen LogP contribution in [0.4, 0.5) is 5.69 Å². The molecule has 0 spiro atoms. The van der Waals surface area contributed by atoms with Gasteiger partial charge in [0.1, 0.15) is 11.4 Å². The zero-order valence-corrected chi connectivity index (χ0v) is 15.9. The smallest absolute Gasteiger partial charge is 0.278 e. The maximum absolute atomic E-state index is 13.1. The van der Waals surface area contributed by atoms with Gasteiger partial charge in [-0.15, -0.1) is 11.3 Å². The molecule has 0 aliphatic carbocycles. The van der Waals surface area contributed by atoms with Crippen LogP contribution in [0.1, 0.15) is 10.6 Å². The maximum atomic E-state index is 13.1. The van der Waals surface area contributed by atoms with E-state index in [0.717, 1.165) is 4.88 Å². The Bertz CT molecular complexity index is 1050. The van der Waals surface area contributed by atoms with Gasteiger partial charge in [-0.25, -0.2) is 0 Å². The molecule has 0 fully saturated rings. The van der Waals surface area contributed by atoms with E-state index >= 15 is 0 Å². The van der Waals surface area contributed by atoms with Gasteiger partial charge in [0.2, 0.25) is 0 Å². The van der Waals surface area contributed by atoms with Crippen molar-refractivity contribution in [2.24, 2.45) is 0 Å². The molecule has 0 bridgehead atoms. The van der Waals surface area contributed by atoms with E-state index in [1.54, 1.807) is 31.5 Å². The maximum Gasteiger partial charge on any atom is 0.278 e. The zero-order chi connectivity index (χ0) is 19.5. The molecule has 1 aliphatic heterocycles. The fourth-order valence-corrected chi connectivity index (χ4v) is 3.75. The second kappa shape index (κ2) is 7.66. The Kier molecular flexibility index (Phi) is 4.90. The first-order chi connectivity index (χ1) is 13.7. The number of ether oxygens (including phenoxy) is 1. The number of anilines is 1. The van der Waals surface area contributed by atoms with Crippen LogP contribution in [0.25, 0.3) is 5.57 Å². The van der Waals surface area contributed by atoms with Gasteiger partial charge in [0.25, 0.3) is 11.8 Å². The number of imide groups is 1. The van der Waals surface area contributed by atoms with Crippen molar-refractivity contribution in [2.45, 2.75) is 6.54 Å². The van der Waals surface area contributed by atoms with Gasteiger partial charge in [-0.1, -0.05) is 18.2 Å². The molecular formula is C21H17N3O3S. The van der Waals surface area contributed by atoms with Crippen molar-refractivity contribution in [3.05, 3.63) is 82.4 Å². The van der Waals surface area contributed by atoms with Crippen LogP contribution in [0.15, 0.2) is 71.9 Å². The number of benzene rings is 1. The molecule has 140 valence electrons. The molecule has 3 aromatic rings. The molecule has 7 heteroatoms. The molecule has 2 aromatic heterocycles. The van der Waals surface area contributed by atoms with Crippen LogP contribution < -0.4 is 10.1 Å². The molecule has 0 unspecified atom stereocenters. The zero-order valence-electron chi connectivity index (χ0n) is 15.1. The van der Waals surface area contributed by atoms with Crippen LogP contribution in [0.3, 0.4) is 0 Å². The summed E-state index contributed by atoms with van der Waals surface area (Å²) in [4.78, 5) is 32.4. The normalized spacial score (nSPS) is 14.0. The molecule has 6 nitrogen and oxygen atoms in total. The number of methoxy groups -OCH3 is 1. The van der Waals surface area contributed by atoms with Gasteiger partial charge in [-0.3, -0.25) is 19.5 Å². The number of carbonyl (C=O) groups is 2. The second-order valence-corrected chi connectivity index (χ2v) is 7.05. The van der Waals surface area contributed by atoms with E-state index in [4.69, 9.17) is 4.74 Å². The van der Waals surface area contributed by atoms with Crippen molar-refractivity contribution < 1.29 is 14.3 Å². The van der Waals surface area contributed by atoms with Gasteiger partial charge in [-0.05, 0) is 35.7 Å². The van der Waals surface area contributed by atoms with E-state index in [9.17, 15) is 9.59 Å². The lowest BCUT2D eigenvalue weighted by molar-refractivity contribution is -0.137. The van der Waals surface area contributed by atoms with E-state index in [0.29, 0.717) is 22.7 Å². The van der Waals surface area contributed by atoms with Gasteiger partial charge in [0, 0.05) is 22.8 Å². The summed E-state index contributed by atoms with van der Waals surface area (Å²) in [6, 6.07) is 16.3. The number of aromatic nitrogens is 1. The summed E-state index contributed by atoms with van der Waals surface area (Å²) < 4.78 is 5.24. The number of hydrogen-bond donors (Lipinski definition) is 1. The Labute approximate surface area is 166 Å². The highest BCUT2D eigenvalue weighted by atomic mass is 32.1. The number of rotatable bonds is 6. The molecule has 1 aliphatic rings. The van der Waals surface area contributed by atoms with E-state index in [1.165, 1.54) is 16.2 Å². The van der Waals surface area contributed by atoms with Crippen LogP contribution in [0.2, 0.25) is 0 Å². The van der Waals surface area contributed by atoms with E-state index in [2.05, 4.69) is 10.3 Å². The molecule has 28 heavy (non-hydrogen) atoms. The average molecular weight is 391 g/mol. The van der Waals surface area contributed by atoms with Crippen LogP contribution in [0.5, 0.6) is 5.75 Å². The summed E-state index contributed by atoms with van der Waals surface area (Å²) in [7, 11) is 1.58. The number of nitrogens with one attached hydrogen (secondary N) is 1. The lowest BCUT2D eigenvalue weighted by Crippen LogP contribution is -2.32. The van der Waals surface area contributed by atoms with E-state index in [-0.39, 0.29) is 24.1 Å². The Morgan fingerprint density at radius 2 is 1.96 bits per heavy atom. The number of thiophene rings is 1. The molecule has 4 rings (SSSR count). The molecule has 1 N–H and O–H groups in total. The van der Waals surface area contributed by atoms with Gasteiger partial charge in [0.15, 0.2) is 0 Å². The van der Waals surface area contributed by atoms with Gasteiger partial charge >= 0.3 is 0 Å². The quantitative estimate of drug-likeness (QED) is 0.651. The third kappa shape index (κ3) is 3.39. The Hall–Kier alpha value is -3.45. The summed E-state index contributed by atoms with van der Waals surface area (Å²) in [6.45, 7) is 0.122. The van der Waals surface area contributed by atoms with Crippen molar-refractivity contribution in [3.63, 3.8) is 0 Å². The van der Waals surface area contributed by atoms with Crippen molar-refractivity contribution in [2.75, 3.05) is 12.4 Å². The average Bonchev–Trinajstić information content (AvgIpc) is 3.32. The summed E-state index contributed by atoms with van der Waals surface area (Å²) in [5.74, 6) is -0.0456. The van der Waals surface area contributed by atoms with E-state index < -0.39 is 0 Å². The highest BCUT2D eigenvalue weighted by Crippen LogP contribution is 2.33. The predicted molar refractivity (Wildman–Crippen MR) is 108 cm³/mol. The summed E-state index contributed by atoms with van der Waals surface area (Å²) in [5.41, 5.74) is 1.96. The minimum atomic E-state index is -0.373. The Balaban J connectivity index is 1.71. The lowest BCUT2D eigenvalue weighted by atomic mass is 10.2. The molecule has 0 radical (unpaired) electrons. The molecular weight excluding hydrogens is 374 g/mol. The summed E-state index contributed by atoms with van der Waals surface area (Å²) in [5, 5.41) is 5.00. The molecule has 2 amide bonds. The second-order valence-electron chi connectivity index (χ2n) is 6.10. The molecule has 1 aromatic carbocycles. The van der Waals surface area contributed by atoms with Crippen molar-refractivity contribution in [1.29, 1.82) is 0 Å². The molecule has 0 atom stereocenters. The first-order valence-electron chi connectivity index (χ1n) is 8.62. The SMILES string of the molecule is COc1cccc(NC2=C(c3cccs3)C(=O)N(Cc3ccccn3)C2=O)c1. The standard InChI is InChI=1S/C21H17N3O3S/c1-27-16-8-4-7-14(12-16)23-19-18(17-9-5-11-28-17)20(25)24(21(19)26)13-15-6-2-3-10-22-15/h2-12,23H,13H2,1H3. The number of amides is 2. The number of nitrogens with zero attached hydrogens (tertiary/aromatic N) is 2. The topological polar surface area (TPSA) is 71.5 Å². The van der Waals surface area contributed by atoms with Gasteiger partial charge in [0.05, 0.1) is 24.9 Å². The Morgan fingerprint density at radius 1 is 1.07 bits per heavy atom. The Morgan fingerprint density at radius 3 is 2.68 bits per heavy atom. The third-order valence-electron chi connectivity index (χ3n) is 4.32. The highest BCUT2D eigenvalue weighted by Gasteiger charge is 2.39. The monoisotopic (exact) mass is 391 g/mol. The fraction of sp³-hybridized carbons (Fsp3) is 0.0952. The number of hydrogen-bond acceptors (Lipinski definition) is 6. The first kappa shape index (κ1) is 17.9. The van der Waals surface area contributed by atoms with Gasteiger partial charge < -0.3 is 10.1 Å². The van der Waals surface area contributed by atoms with Crippen molar-refractivity contribution in [1.82, 2.24) is 9.88 Å². The van der Waals surface area contributed by atoms with Crippen molar-refractivity contribution in [3.8, 4) is 5.75 Å². The minimum absolute atomic E-state index is 0.122. The van der Waals surface area contributed by atoms with Gasteiger partial charge in [-0.2, -0.15) is 0 Å². The largest absolute Gasteiger partial charge is 0.497 e. The molecule has 0 saturated heterocycles. The number of pyridine rings is 1. The van der Waals surface area contributed by atoms with E-state index in [1.807, 2.05) is 41.8 Å². The van der Waals surface area contributed by atoms with Crippen LogP contribution in [0, 0.1) is 0 Å². The first-order valence-corrected chi connectivity index (χ1v) is 9.50. The lowest BCUT2D eigenvalue weighted by Gasteiger charge is -2.14. The van der Waals surface area contributed by atoms with Crippen LogP contribution in [-0.4, -0.2) is 28.8 Å². The highest BCUT2D eigenvalue weighted by molar-refractivity contribution is 7.11. The van der Waals surface area contributed by atoms with Crippen molar-refractivity contribution >= 4 is 34.4 Å². The molecule has 3 heterocycles. The van der Waals surface area contributed by atoms with Crippen LogP contribution >= 0.6 is 11.3 Å². The minimum Gasteiger partial charge on any atom is -0.497 e. The fourth-order valence-electron chi connectivity index (χ4n) is 2.98.